The highest BCUT2D eigenvalue weighted by Gasteiger charge is 2.47. The summed E-state index contributed by atoms with van der Waals surface area (Å²) in [6, 6.07) is 0. The van der Waals surface area contributed by atoms with Gasteiger partial charge in [-0.25, -0.2) is 0 Å². The van der Waals surface area contributed by atoms with E-state index in [1.165, 1.54) is 0 Å². The lowest BCUT2D eigenvalue weighted by Crippen LogP contribution is -2.54. The average molecular weight is 282 g/mol. The highest BCUT2D eigenvalue weighted by molar-refractivity contribution is 6.74. The number of ketones is 1. The van der Waals surface area contributed by atoms with Crippen LogP contribution in [-0.2, 0) is 9.22 Å². The summed E-state index contributed by atoms with van der Waals surface area (Å²) in [5.41, 5.74) is 0.553. The van der Waals surface area contributed by atoms with Crippen LogP contribution in [0.2, 0.25) is 18.1 Å². The molecule has 19 heavy (non-hydrogen) atoms. The van der Waals surface area contributed by atoms with Gasteiger partial charge in [0, 0.05) is 6.42 Å². The molecular weight excluding hydrogens is 252 g/mol. The van der Waals surface area contributed by atoms with Crippen molar-refractivity contribution in [2.75, 3.05) is 0 Å². The first-order valence-electron chi connectivity index (χ1n) is 7.28. The van der Waals surface area contributed by atoms with Gasteiger partial charge in [0.2, 0.25) is 0 Å². The molecule has 0 radical (unpaired) electrons. The smallest absolute Gasteiger partial charge is 0.193 e. The molecule has 0 spiro atoms. The molecule has 1 rings (SSSR count). The largest absolute Gasteiger partial charge is 0.405 e. The van der Waals surface area contributed by atoms with Gasteiger partial charge in [0.15, 0.2) is 14.1 Å². The lowest BCUT2D eigenvalue weighted by molar-refractivity contribution is -0.138. The molecule has 2 nitrogen and oxygen atoms in total. The maximum atomic E-state index is 12.5. The zero-order valence-electron chi connectivity index (χ0n) is 13.7. The fraction of sp³-hybridized carbons (Fsp3) is 0.812. The summed E-state index contributed by atoms with van der Waals surface area (Å²) in [6.07, 6.45) is 2.45. The third-order valence-corrected chi connectivity index (χ3v) is 9.55. The van der Waals surface area contributed by atoms with Crippen LogP contribution in [0.1, 0.15) is 53.9 Å². The lowest BCUT2D eigenvalue weighted by Gasteiger charge is -2.46. The van der Waals surface area contributed by atoms with Gasteiger partial charge in [-0.3, -0.25) is 4.79 Å². The molecule has 0 N–H and O–H groups in total. The molecule has 0 bridgehead atoms. The Labute approximate surface area is 119 Å². The standard InChI is InChI=1S/C16H30O2Si/c1-12(2)13-9-10-16(6,14(17)11-13)18-19(7,8)15(3,4)5/h13H,1,9-11H2,2-8H3/t13-,16-/m0/s1. The predicted molar refractivity (Wildman–Crippen MR) is 83.8 cm³/mol. The molecule has 0 aromatic carbocycles. The molecule has 1 fully saturated rings. The van der Waals surface area contributed by atoms with Gasteiger partial charge >= 0.3 is 0 Å². The minimum Gasteiger partial charge on any atom is -0.405 e. The zero-order chi connectivity index (χ0) is 15.1. The third-order valence-electron chi connectivity index (χ3n) is 4.98. The van der Waals surface area contributed by atoms with Gasteiger partial charge in [-0.2, -0.15) is 0 Å². The summed E-state index contributed by atoms with van der Waals surface area (Å²) in [5.74, 6) is 0.611. The highest BCUT2D eigenvalue weighted by Crippen LogP contribution is 2.43. The van der Waals surface area contributed by atoms with E-state index in [2.05, 4.69) is 40.4 Å². The van der Waals surface area contributed by atoms with Crippen LogP contribution >= 0.6 is 0 Å². The summed E-state index contributed by atoms with van der Waals surface area (Å²) in [4.78, 5) is 12.5. The maximum Gasteiger partial charge on any atom is 0.193 e. The number of rotatable bonds is 3. The first-order valence-corrected chi connectivity index (χ1v) is 10.2. The number of allylic oxidation sites excluding steroid dienone is 1. The molecule has 1 aliphatic rings. The number of hydrogen-bond acceptors (Lipinski definition) is 2. The van der Waals surface area contributed by atoms with Crippen molar-refractivity contribution in [3.8, 4) is 0 Å². The molecular formula is C16H30O2Si. The maximum absolute atomic E-state index is 12.5. The van der Waals surface area contributed by atoms with Crippen LogP contribution in [0.15, 0.2) is 12.2 Å². The average Bonchev–Trinajstić information content (AvgIpc) is 2.19. The molecule has 2 atom stereocenters. The number of carbonyl (C=O) groups excluding carboxylic acids is 1. The van der Waals surface area contributed by atoms with Crippen LogP contribution in [0.25, 0.3) is 0 Å². The molecule has 0 amide bonds. The molecule has 0 aromatic heterocycles. The Morgan fingerprint density at radius 3 is 2.32 bits per heavy atom. The second kappa shape index (κ2) is 5.17. The summed E-state index contributed by atoms with van der Waals surface area (Å²) < 4.78 is 6.43. The van der Waals surface area contributed by atoms with E-state index in [0.717, 1.165) is 18.4 Å². The van der Waals surface area contributed by atoms with E-state index in [1.54, 1.807) is 0 Å². The summed E-state index contributed by atoms with van der Waals surface area (Å²) in [5, 5.41) is 0.140. The summed E-state index contributed by atoms with van der Waals surface area (Å²) in [6.45, 7) is 19.1. The van der Waals surface area contributed by atoms with Gasteiger partial charge in [-0.05, 0) is 50.7 Å². The number of hydrogen-bond donors (Lipinski definition) is 0. The van der Waals surface area contributed by atoms with Crippen molar-refractivity contribution < 1.29 is 9.22 Å². The SMILES string of the molecule is C=C(C)[C@H]1CC[C@](C)(O[Si](C)(C)C(C)(C)C)C(=O)C1. The van der Waals surface area contributed by atoms with E-state index in [4.69, 9.17) is 4.43 Å². The monoisotopic (exact) mass is 282 g/mol. The minimum absolute atomic E-state index is 0.140. The van der Waals surface area contributed by atoms with Crippen LogP contribution in [0.3, 0.4) is 0 Å². The van der Waals surface area contributed by atoms with Crippen molar-refractivity contribution >= 4 is 14.1 Å². The summed E-state index contributed by atoms with van der Waals surface area (Å²) >= 11 is 0. The van der Waals surface area contributed by atoms with Gasteiger partial charge in [0.25, 0.3) is 0 Å². The Morgan fingerprint density at radius 2 is 1.95 bits per heavy atom. The van der Waals surface area contributed by atoms with Crippen LogP contribution in [-0.4, -0.2) is 19.7 Å². The van der Waals surface area contributed by atoms with E-state index in [9.17, 15) is 4.79 Å². The van der Waals surface area contributed by atoms with Gasteiger partial charge in [-0.15, -0.1) is 0 Å². The van der Waals surface area contributed by atoms with Gasteiger partial charge in [0.05, 0.1) is 0 Å². The third kappa shape index (κ3) is 3.57. The Kier molecular flexibility index (Phi) is 4.53. The lowest BCUT2D eigenvalue weighted by atomic mass is 9.76. The second-order valence-corrected chi connectivity index (χ2v) is 12.5. The molecule has 0 unspecified atom stereocenters. The molecule has 3 heteroatoms. The highest BCUT2D eigenvalue weighted by atomic mass is 28.4. The van der Waals surface area contributed by atoms with Gasteiger partial charge in [0.1, 0.15) is 5.60 Å². The molecule has 0 aromatic rings. The van der Waals surface area contributed by atoms with Crippen molar-refractivity contribution in [3.05, 3.63) is 12.2 Å². The molecule has 0 saturated heterocycles. The van der Waals surface area contributed by atoms with Crippen molar-refractivity contribution in [2.45, 2.75) is 77.6 Å². The molecule has 1 aliphatic carbocycles. The normalized spacial score (nSPS) is 29.4. The van der Waals surface area contributed by atoms with E-state index in [0.29, 0.717) is 12.3 Å². The Morgan fingerprint density at radius 1 is 1.42 bits per heavy atom. The Bertz CT molecular complexity index is 379. The predicted octanol–water partition coefficient (Wildman–Crippen LogP) is 4.71. The quantitative estimate of drug-likeness (QED) is 0.553. The van der Waals surface area contributed by atoms with E-state index in [1.807, 2.05) is 13.8 Å². The van der Waals surface area contributed by atoms with E-state index < -0.39 is 13.9 Å². The fourth-order valence-corrected chi connectivity index (χ4v) is 4.02. The second-order valence-electron chi connectivity index (χ2n) is 7.80. The van der Waals surface area contributed by atoms with Crippen molar-refractivity contribution in [2.24, 2.45) is 5.92 Å². The van der Waals surface area contributed by atoms with Crippen molar-refractivity contribution in [1.29, 1.82) is 0 Å². The topological polar surface area (TPSA) is 26.3 Å². The van der Waals surface area contributed by atoms with Gasteiger partial charge in [-0.1, -0.05) is 32.9 Å². The molecule has 110 valence electrons. The summed E-state index contributed by atoms with van der Waals surface area (Å²) in [7, 11) is -1.90. The van der Waals surface area contributed by atoms with Crippen LogP contribution in [0, 0.1) is 5.92 Å². The fourth-order valence-electron chi connectivity index (χ4n) is 2.38. The number of carbonyl (C=O) groups is 1. The van der Waals surface area contributed by atoms with Crippen molar-refractivity contribution in [1.82, 2.24) is 0 Å². The van der Waals surface area contributed by atoms with Crippen LogP contribution in [0.5, 0.6) is 0 Å². The first kappa shape index (κ1) is 16.6. The van der Waals surface area contributed by atoms with Crippen LogP contribution < -0.4 is 0 Å². The minimum atomic E-state index is -1.90. The zero-order valence-corrected chi connectivity index (χ0v) is 14.7. The molecule has 1 saturated carbocycles. The Hall–Kier alpha value is -0.413. The molecule has 0 heterocycles. The van der Waals surface area contributed by atoms with Gasteiger partial charge < -0.3 is 4.43 Å². The number of Topliss-reactive ketones (excluding diaryl/α,β-unsaturated/α-hetero) is 1. The molecule has 0 aliphatic heterocycles. The van der Waals surface area contributed by atoms with Crippen LogP contribution in [0.4, 0.5) is 0 Å². The van der Waals surface area contributed by atoms with E-state index in [-0.39, 0.29) is 10.8 Å². The Balaban J connectivity index is 2.84. The first-order chi connectivity index (χ1) is 8.39. The van der Waals surface area contributed by atoms with Crippen molar-refractivity contribution in [3.63, 3.8) is 0 Å². The van der Waals surface area contributed by atoms with E-state index >= 15 is 0 Å².